The van der Waals surface area contributed by atoms with E-state index in [9.17, 15) is 31.1 Å². The first-order valence-corrected chi connectivity index (χ1v) is 9.78. The molecule has 0 aliphatic carbocycles. The van der Waals surface area contributed by atoms with E-state index < -0.39 is 24.2 Å². The minimum Gasteiger partial charge on any atom is -0.430 e. The number of carbonyl (C=O) groups excluding carboxylic acids is 1. The molecule has 176 valence electrons. The number of halogens is 6. The van der Waals surface area contributed by atoms with Gasteiger partial charge in [-0.3, -0.25) is 14.6 Å². The van der Waals surface area contributed by atoms with Crippen molar-refractivity contribution < 1.29 is 35.9 Å². The first kappa shape index (κ1) is 25.3. The van der Waals surface area contributed by atoms with Gasteiger partial charge in [0.1, 0.15) is 5.75 Å². The molecule has 1 fully saturated rings. The van der Waals surface area contributed by atoms with E-state index in [-0.39, 0.29) is 11.4 Å². The molecule has 31 heavy (non-hydrogen) atoms. The Hall–Kier alpha value is -2.01. The topological polar surface area (TPSA) is 44.8 Å². The van der Waals surface area contributed by atoms with Crippen LogP contribution in [0.4, 0.5) is 26.3 Å². The number of amides is 1. The van der Waals surface area contributed by atoms with Gasteiger partial charge in [0.25, 0.3) is 6.17 Å². The number of piperazine rings is 1. The van der Waals surface area contributed by atoms with E-state index in [4.69, 9.17) is 0 Å². The molecular formula is C20H27F6N3O2. The Kier molecular flexibility index (Phi) is 7.85. The van der Waals surface area contributed by atoms with Gasteiger partial charge in [-0.15, -0.1) is 0 Å². The van der Waals surface area contributed by atoms with E-state index in [2.05, 4.69) is 15.0 Å². The summed E-state index contributed by atoms with van der Waals surface area (Å²) in [6, 6.07) is 5.05. The molecule has 1 aliphatic rings. The molecule has 1 saturated heterocycles. The lowest BCUT2D eigenvalue weighted by Crippen LogP contribution is -2.51. The van der Waals surface area contributed by atoms with Gasteiger partial charge in [0, 0.05) is 38.3 Å². The average molecular weight is 455 g/mol. The fourth-order valence-corrected chi connectivity index (χ4v) is 3.09. The number of alkyl halides is 6. The summed E-state index contributed by atoms with van der Waals surface area (Å²) in [5, 5.41) is 2.91. The van der Waals surface area contributed by atoms with Crippen molar-refractivity contribution in [2.75, 3.05) is 32.7 Å². The highest BCUT2D eigenvalue weighted by Gasteiger charge is 2.59. The first-order chi connectivity index (χ1) is 14.2. The van der Waals surface area contributed by atoms with Crippen LogP contribution < -0.4 is 10.1 Å². The zero-order chi connectivity index (χ0) is 23.4. The van der Waals surface area contributed by atoms with Crippen LogP contribution in [0.1, 0.15) is 26.3 Å². The summed E-state index contributed by atoms with van der Waals surface area (Å²) in [5.74, 6) is -0.607. The second-order valence-corrected chi connectivity index (χ2v) is 8.56. The van der Waals surface area contributed by atoms with Crippen LogP contribution in [0.2, 0.25) is 0 Å². The molecule has 11 heteroatoms. The molecule has 1 aromatic carbocycles. The van der Waals surface area contributed by atoms with Gasteiger partial charge in [-0.25, -0.2) is 4.39 Å². The zero-order valence-electron chi connectivity index (χ0n) is 17.6. The molecule has 1 aliphatic heterocycles. The second-order valence-electron chi connectivity index (χ2n) is 8.56. The Morgan fingerprint density at radius 2 is 1.52 bits per heavy atom. The number of hydrogen-bond acceptors (Lipinski definition) is 4. The maximum absolute atomic E-state index is 13.3. The van der Waals surface area contributed by atoms with Crippen LogP contribution >= 0.6 is 0 Å². The summed E-state index contributed by atoms with van der Waals surface area (Å²) in [7, 11) is 0. The number of benzene rings is 1. The quantitative estimate of drug-likeness (QED) is 0.639. The fraction of sp³-hybridized carbons (Fsp3) is 0.650. The normalized spacial score (nSPS) is 18.0. The predicted octanol–water partition coefficient (Wildman–Crippen LogP) is 3.59. The van der Waals surface area contributed by atoms with Crippen molar-refractivity contribution in [3.05, 3.63) is 29.8 Å². The molecular weight excluding hydrogens is 428 g/mol. The van der Waals surface area contributed by atoms with Gasteiger partial charge in [-0.1, -0.05) is 12.1 Å². The lowest BCUT2D eigenvalue weighted by molar-refractivity contribution is -0.304. The predicted molar refractivity (Wildman–Crippen MR) is 103 cm³/mol. The molecule has 2 rings (SSSR count). The molecule has 1 amide bonds. The van der Waals surface area contributed by atoms with E-state index in [1.807, 2.05) is 25.7 Å². The van der Waals surface area contributed by atoms with Crippen molar-refractivity contribution in [2.24, 2.45) is 0 Å². The largest absolute Gasteiger partial charge is 0.439 e. The van der Waals surface area contributed by atoms with Gasteiger partial charge in [-0.2, -0.15) is 22.0 Å². The Balaban J connectivity index is 1.82. The van der Waals surface area contributed by atoms with E-state index in [1.165, 1.54) is 12.1 Å². The Bertz CT molecular complexity index is 726. The van der Waals surface area contributed by atoms with E-state index >= 15 is 0 Å². The van der Waals surface area contributed by atoms with E-state index in [0.717, 1.165) is 17.7 Å². The molecule has 5 nitrogen and oxygen atoms in total. The molecule has 1 heterocycles. The van der Waals surface area contributed by atoms with E-state index in [0.29, 0.717) is 39.3 Å². The van der Waals surface area contributed by atoms with Crippen molar-refractivity contribution in [3.63, 3.8) is 0 Å². The van der Waals surface area contributed by atoms with Crippen LogP contribution in [-0.2, 0) is 11.3 Å². The lowest BCUT2D eigenvalue weighted by Gasteiger charge is -2.35. The highest BCUT2D eigenvalue weighted by molar-refractivity contribution is 5.78. The van der Waals surface area contributed by atoms with Gasteiger partial charge in [0.05, 0.1) is 6.54 Å². The zero-order valence-corrected chi connectivity index (χ0v) is 17.6. The van der Waals surface area contributed by atoms with Gasteiger partial charge in [0.15, 0.2) is 0 Å². The number of ether oxygens (including phenoxy) is 1. The lowest BCUT2D eigenvalue weighted by atomic mass is 10.1. The van der Waals surface area contributed by atoms with Gasteiger partial charge in [0.2, 0.25) is 5.91 Å². The third kappa shape index (κ3) is 8.21. The Morgan fingerprint density at radius 3 is 2.00 bits per heavy atom. The van der Waals surface area contributed by atoms with Crippen LogP contribution in [-0.4, -0.2) is 72.4 Å². The number of rotatable bonds is 7. The summed E-state index contributed by atoms with van der Waals surface area (Å²) >= 11 is 0. The van der Waals surface area contributed by atoms with Crippen molar-refractivity contribution >= 4 is 5.91 Å². The summed E-state index contributed by atoms with van der Waals surface area (Å²) in [6.07, 6.45) is -15.2. The molecule has 1 unspecified atom stereocenters. The van der Waals surface area contributed by atoms with Gasteiger partial charge < -0.3 is 10.1 Å². The Morgan fingerprint density at radius 1 is 1.00 bits per heavy atom. The van der Waals surface area contributed by atoms with Gasteiger partial charge in [-0.05, 0) is 38.5 Å². The monoisotopic (exact) mass is 455 g/mol. The fourth-order valence-electron chi connectivity index (χ4n) is 3.09. The summed E-state index contributed by atoms with van der Waals surface area (Å²) in [4.78, 5) is 16.1. The van der Waals surface area contributed by atoms with Crippen LogP contribution in [0.15, 0.2) is 24.3 Å². The smallest absolute Gasteiger partial charge is 0.430 e. The van der Waals surface area contributed by atoms with Crippen molar-refractivity contribution in [1.82, 2.24) is 15.1 Å². The van der Waals surface area contributed by atoms with E-state index in [1.54, 1.807) is 0 Å². The van der Waals surface area contributed by atoms with Crippen LogP contribution in [0.25, 0.3) is 0 Å². The van der Waals surface area contributed by atoms with Crippen molar-refractivity contribution in [3.8, 4) is 5.75 Å². The summed E-state index contributed by atoms with van der Waals surface area (Å²) in [5.41, 5.74) is 0.443. The van der Waals surface area contributed by atoms with Crippen LogP contribution in [0.5, 0.6) is 5.75 Å². The number of nitrogens with one attached hydrogen (secondary N) is 1. The van der Waals surface area contributed by atoms with Crippen LogP contribution in [0, 0.1) is 0 Å². The SMILES string of the molecule is CC(C)(C)NC(=O)CN1CCN(Cc2ccc(OC(F)(F)C(F)C(F)(F)F)cc2)CC1. The number of hydrogen-bond donors (Lipinski definition) is 1. The highest BCUT2D eigenvalue weighted by Crippen LogP contribution is 2.36. The third-order valence-corrected chi connectivity index (χ3v) is 4.51. The third-order valence-electron chi connectivity index (χ3n) is 4.51. The molecule has 0 bridgehead atoms. The molecule has 0 saturated carbocycles. The number of carbonyl (C=O) groups is 1. The maximum Gasteiger partial charge on any atom is 0.439 e. The maximum atomic E-state index is 13.3. The minimum atomic E-state index is -5.72. The minimum absolute atomic E-state index is 0.0469. The second kappa shape index (κ2) is 9.64. The van der Waals surface area contributed by atoms with Crippen molar-refractivity contribution in [2.45, 2.75) is 51.3 Å². The summed E-state index contributed by atoms with van der Waals surface area (Å²) < 4.78 is 80.0. The number of nitrogens with zero attached hydrogens (tertiary/aromatic N) is 2. The average Bonchev–Trinajstić information content (AvgIpc) is 2.62. The molecule has 1 aromatic rings. The van der Waals surface area contributed by atoms with Crippen molar-refractivity contribution in [1.29, 1.82) is 0 Å². The molecule has 1 N–H and O–H groups in total. The molecule has 0 radical (unpaired) electrons. The molecule has 1 atom stereocenters. The Labute approximate surface area is 177 Å². The molecule has 0 spiro atoms. The summed E-state index contributed by atoms with van der Waals surface area (Å²) in [6.45, 7) is 9.26. The molecule has 0 aromatic heterocycles. The standard InChI is InChI=1S/C20H27F6N3O2/c1-18(2,3)27-16(30)13-29-10-8-28(9-11-29)12-14-4-6-15(7-5-14)31-20(25,26)17(21)19(22,23)24/h4-7,17H,8-13H2,1-3H3,(H,27,30). The van der Waals surface area contributed by atoms with Gasteiger partial charge >= 0.3 is 12.3 Å². The first-order valence-electron chi connectivity index (χ1n) is 9.78. The van der Waals surface area contributed by atoms with Crippen LogP contribution in [0.3, 0.4) is 0 Å². The highest BCUT2D eigenvalue weighted by atomic mass is 19.4.